The molecule has 1 rings (SSSR count). The number of hydrogen-bond donors (Lipinski definition) is 1. The zero-order chi connectivity index (χ0) is 13.0. The number of hydrogen-bond acceptors (Lipinski definition) is 3. The van der Waals surface area contributed by atoms with Crippen LogP contribution < -0.4 is 5.32 Å². The highest BCUT2D eigenvalue weighted by Gasteiger charge is 2.33. The van der Waals surface area contributed by atoms with Crippen molar-refractivity contribution in [2.75, 3.05) is 6.54 Å². The van der Waals surface area contributed by atoms with Gasteiger partial charge in [0.25, 0.3) is 0 Å². The fourth-order valence-electron chi connectivity index (χ4n) is 2.03. The Labute approximate surface area is 102 Å². The van der Waals surface area contributed by atoms with Crippen molar-refractivity contribution in [2.24, 2.45) is 5.92 Å². The number of nitrogens with one attached hydrogen (secondary N) is 1. The van der Waals surface area contributed by atoms with E-state index in [4.69, 9.17) is 0 Å². The predicted molar refractivity (Wildman–Crippen MR) is 63.2 cm³/mol. The molecule has 0 spiro atoms. The van der Waals surface area contributed by atoms with E-state index < -0.39 is 12.1 Å². The van der Waals surface area contributed by atoms with Crippen molar-refractivity contribution in [3.63, 3.8) is 0 Å². The molecule has 1 aliphatic heterocycles. The third kappa shape index (κ3) is 3.28. The number of rotatable bonds is 4. The summed E-state index contributed by atoms with van der Waals surface area (Å²) in [6.45, 7) is 5.83. The molecule has 0 unspecified atom stereocenters. The smallest absolute Gasteiger partial charge is 0.243 e. The Hall–Kier alpha value is -1.39. The van der Waals surface area contributed by atoms with Gasteiger partial charge in [-0.25, -0.2) is 0 Å². The van der Waals surface area contributed by atoms with Crippen LogP contribution in [0.1, 0.15) is 33.6 Å². The number of nitrogens with zero attached hydrogens (tertiary/aromatic N) is 1. The van der Waals surface area contributed by atoms with Gasteiger partial charge in [0.1, 0.15) is 12.3 Å². The Balaban J connectivity index is 2.63. The van der Waals surface area contributed by atoms with Crippen LogP contribution in [0.2, 0.25) is 0 Å². The average molecular weight is 240 g/mol. The minimum atomic E-state index is -0.475. The Bertz CT molecular complexity index is 315. The van der Waals surface area contributed by atoms with Gasteiger partial charge in [-0.15, -0.1) is 0 Å². The molecule has 0 saturated carbocycles. The van der Waals surface area contributed by atoms with Gasteiger partial charge in [-0.05, 0) is 18.8 Å². The molecule has 1 fully saturated rings. The van der Waals surface area contributed by atoms with Gasteiger partial charge >= 0.3 is 0 Å². The lowest BCUT2D eigenvalue weighted by Gasteiger charge is -2.25. The second-order valence-electron chi connectivity index (χ2n) is 4.78. The van der Waals surface area contributed by atoms with Crippen LogP contribution in [0.15, 0.2) is 0 Å². The Morgan fingerprint density at radius 3 is 2.53 bits per heavy atom. The van der Waals surface area contributed by atoms with E-state index in [9.17, 15) is 14.4 Å². The molecule has 5 heteroatoms. The lowest BCUT2D eigenvalue weighted by atomic mass is 10.1. The number of amides is 2. The van der Waals surface area contributed by atoms with E-state index in [0.29, 0.717) is 13.0 Å². The van der Waals surface area contributed by atoms with Crippen LogP contribution >= 0.6 is 0 Å². The highest BCUT2D eigenvalue weighted by molar-refractivity contribution is 5.89. The molecule has 0 aromatic rings. The maximum absolute atomic E-state index is 12.0. The van der Waals surface area contributed by atoms with E-state index >= 15 is 0 Å². The minimum Gasteiger partial charge on any atom is -0.345 e. The first-order chi connectivity index (χ1) is 7.97. The zero-order valence-electron chi connectivity index (χ0n) is 10.6. The molecular formula is C12H20N2O3. The van der Waals surface area contributed by atoms with Gasteiger partial charge in [0.2, 0.25) is 11.8 Å². The second-order valence-corrected chi connectivity index (χ2v) is 4.78. The summed E-state index contributed by atoms with van der Waals surface area (Å²) in [4.78, 5) is 35.7. The molecule has 0 bridgehead atoms. The van der Waals surface area contributed by atoms with E-state index in [-0.39, 0.29) is 17.7 Å². The van der Waals surface area contributed by atoms with Crippen molar-refractivity contribution < 1.29 is 14.4 Å². The lowest BCUT2D eigenvalue weighted by Crippen LogP contribution is -2.50. The third-order valence-corrected chi connectivity index (χ3v) is 3.13. The largest absolute Gasteiger partial charge is 0.345 e. The molecule has 2 amide bonds. The van der Waals surface area contributed by atoms with Crippen molar-refractivity contribution in [3.8, 4) is 0 Å². The summed E-state index contributed by atoms with van der Waals surface area (Å²) in [6.07, 6.45) is 2.26. The SMILES string of the molecule is CC(=O)N1CCC[C@H]1C(=O)N[C@H](C=O)C(C)C. The summed E-state index contributed by atoms with van der Waals surface area (Å²) in [5.74, 6) is -0.248. The summed E-state index contributed by atoms with van der Waals surface area (Å²) in [5, 5.41) is 2.69. The molecule has 0 aromatic heterocycles. The molecular weight excluding hydrogens is 220 g/mol. The Morgan fingerprint density at radius 1 is 1.41 bits per heavy atom. The second kappa shape index (κ2) is 5.80. The van der Waals surface area contributed by atoms with E-state index in [1.807, 2.05) is 13.8 Å². The summed E-state index contributed by atoms with van der Waals surface area (Å²) < 4.78 is 0. The van der Waals surface area contributed by atoms with Crippen LogP contribution in [0.25, 0.3) is 0 Å². The van der Waals surface area contributed by atoms with E-state index in [1.165, 1.54) is 6.92 Å². The maximum atomic E-state index is 12.0. The van der Waals surface area contributed by atoms with E-state index in [1.54, 1.807) is 4.90 Å². The molecule has 0 aromatic carbocycles. The minimum absolute atomic E-state index is 0.0589. The highest BCUT2D eigenvalue weighted by atomic mass is 16.2. The molecule has 2 atom stereocenters. The predicted octanol–water partition coefficient (Wildman–Crippen LogP) is 0.337. The molecule has 0 radical (unpaired) electrons. The van der Waals surface area contributed by atoms with Crippen LogP contribution in [0, 0.1) is 5.92 Å². The van der Waals surface area contributed by atoms with Gasteiger partial charge in [0.05, 0.1) is 6.04 Å². The maximum Gasteiger partial charge on any atom is 0.243 e. The molecule has 1 aliphatic rings. The van der Waals surface area contributed by atoms with Crippen LogP contribution in [0.3, 0.4) is 0 Å². The van der Waals surface area contributed by atoms with Crippen molar-refractivity contribution in [1.29, 1.82) is 0 Å². The topological polar surface area (TPSA) is 66.5 Å². The average Bonchev–Trinajstić information content (AvgIpc) is 2.73. The zero-order valence-corrected chi connectivity index (χ0v) is 10.6. The summed E-state index contributed by atoms with van der Waals surface area (Å²) in [7, 11) is 0. The number of carbonyl (C=O) groups excluding carboxylic acids is 3. The summed E-state index contributed by atoms with van der Waals surface area (Å²) in [6, 6.07) is -0.884. The van der Waals surface area contributed by atoms with Crippen LogP contribution in [0.4, 0.5) is 0 Å². The third-order valence-electron chi connectivity index (χ3n) is 3.13. The summed E-state index contributed by atoms with van der Waals surface area (Å²) >= 11 is 0. The van der Waals surface area contributed by atoms with Crippen molar-refractivity contribution in [1.82, 2.24) is 10.2 Å². The first-order valence-electron chi connectivity index (χ1n) is 6.00. The van der Waals surface area contributed by atoms with Gasteiger partial charge in [0, 0.05) is 13.5 Å². The van der Waals surface area contributed by atoms with Crippen molar-refractivity contribution in [3.05, 3.63) is 0 Å². The van der Waals surface area contributed by atoms with Gasteiger partial charge < -0.3 is 15.0 Å². The summed E-state index contributed by atoms with van der Waals surface area (Å²) in [5.41, 5.74) is 0. The fourth-order valence-corrected chi connectivity index (χ4v) is 2.03. The van der Waals surface area contributed by atoms with Crippen molar-refractivity contribution in [2.45, 2.75) is 45.7 Å². The molecule has 17 heavy (non-hydrogen) atoms. The lowest BCUT2D eigenvalue weighted by molar-refractivity contribution is -0.137. The molecule has 0 aliphatic carbocycles. The van der Waals surface area contributed by atoms with Gasteiger partial charge in [0.15, 0.2) is 0 Å². The Kier molecular flexibility index (Phi) is 4.66. The normalized spacial score (nSPS) is 21.4. The van der Waals surface area contributed by atoms with Gasteiger partial charge in [-0.2, -0.15) is 0 Å². The van der Waals surface area contributed by atoms with E-state index in [2.05, 4.69) is 5.32 Å². The van der Waals surface area contributed by atoms with Gasteiger partial charge in [-0.3, -0.25) is 9.59 Å². The van der Waals surface area contributed by atoms with Gasteiger partial charge in [-0.1, -0.05) is 13.8 Å². The fraction of sp³-hybridized carbons (Fsp3) is 0.750. The monoisotopic (exact) mass is 240 g/mol. The van der Waals surface area contributed by atoms with Crippen LogP contribution in [0.5, 0.6) is 0 Å². The molecule has 1 N–H and O–H groups in total. The Morgan fingerprint density at radius 2 is 2.06 bits per heavy atom. The van der Waals surface area contributed by atoms with Crippen molar-refractivity contribution >= 4 is 18.1 Å². The number of carbonyl (C=O) groups is 3. The first-order valence-corrected chi connectivity index (χ1v) is 6.00. The molecule has 1 heterocycles. The molecule has 5 nitrogen and oxygen atoms in total. The number of likely N-dealkylation sites (tertiary alicyclic amines) is 1. The molecule has 1 saturated heterocycles. The molecule has 96 valence electrons. The highest BCUT2D eigenvalue weighted by Crippen LogP contribution is 2.17. The quantitative estimate of drug-likeness (QED) is 0.720. The van der Waals surface area contributed by atoms with Crippen LogP contribution in [-0.2, 0) is 14.4 Å². The first kappa shape index (κ1) is 13.7. The van der Waals surface area contributed by atoms with Crippen LogP contribution in [-0.4, -0.2) is 41.6 Å². The standard InChI is InChI=1S/C12H20N2O3/c1-8(2)10(7-15)13-12(17)11-5-4-6-14(11)9(3)16/h7-8,10-11H,4-6H2,1-3H3,(H,13,17)/t10-,11+/m1/s1. The number of aldehydes is 1. The van der Waals surface area contributed by atoms with E-state index in [0.717, 1.165) is 12.7 Å².